The fourth-order valence-electron chi connectivity index (χ4n) is 2.59. The summed E-state index contributed by atoms with van der Waals surface area (Å²) >= 11 is 0. The summed E-state index contributed by atoms with van der Waals surface area (Å²) in [6, 6.07) is 3.55. The van der Waals surface area contributed by atoms with Crippen molar-refractivity contribution in [2.24, 2.45) is 17.6 Å². The smallest absolute Gasteiger partial charge is 0.227 e. The first-order valence-corrected chi connectivity index (χ1v) is 6.64. The lowest BCUT2D eigenvalue weighted by atomic mass is 9.80. The highest BCUT2D eigenvalue weighted by Gasteiger charge is 2.26. The van der Waals surface area contributed by atoms with Crippen molar-refractivity contribution in [3.05, 3.63) is 24.5 Å². The molecule has 1 heterocycles. The number of carbonyl (C=O) groups excluding carboxylic acids is 2. The van der Waals surface area contributed by atoms with E-state index in [1.165, 1.54) is 0 Å². The van der Waals surface area contributed by atoms with Crippen LogP contribution in [0.1, 0.15) is 32.1 Å². The lowest BCUT2D eigenvalue weighted by molar-refractivity contribution is -0.121. The van der Waals surface area contributed by atoms with E-state index < -0.39 is 0 Å². The molecule has 2 amide bonds. The summed E-state index contributed by atoms with van der Waals surface area (Å²) in [4.78, 5) is 26.8. The largest absolute Gasteiger partial charge is 0.370 e. The number of hydrogen-bond acceptors (Lipinski definition) is 3. The molecule has 0 saturated heterocycles. The van der Waals surface area contributed by atoms with Crippen LogP contribution in [0.3, 0.4) is 0 Å². The van der Waals surface area contributed by atoms with E-state index in [1.54, 1.807) is 24.5 Å². The van der Waals surface area contributed by atoms with E-state index in [-0.39, 0.29) is 17.7 Å². The minimum Gasteiger partial charge on any atom is -0.370 e. The number of nitrogens with one attached hydrogen (secondary N) is 1. The van der Waals surface area contributed by atoms with Crippen LogP contribution in [0.2, 0.25) is 0 Å². The van der Waals surface area contributed by atoms with Crippen LogP contribution < -0.4 is 11.1 Å². The van der Waals surface area contributed by atoms with Gasteiger partial charge in [-0.25, -0.2) is 0 Å². The van der Waals surface area contributed by atoms with Gasteiger partial charge in [-0.3, -0.25) is 14.6 Å². The minimum atomic E-state index is -0.246. The number of rotatable bonds is 4. The molecule has 102 valence electrons. The van der Waals surface area contributed by atoms with E-state index in [2.05, 4.69) is 10.3 Å². The fraction of sp³-hybridized carbons (Fsp3) is 0.500. The number of primary amides is 1. The van der Waals surface area contributed by atoms with Gasteiger partial charge in [0, 0.05) is 30.4 Å². The van der Waals surface area contributed by atoms with Gasteiger partial charge in [0.25, 0.3) is 0 Å². The average Bonchev–Trinajstić information content (AvgIpc) is 2.40. The SMILES string of the molecule is NC(=O)CC1CCC(C(=O)Nc2ccncc2)CC1. The topological polar surface area (TPSA) is 85.1 Å². The van der Waals surface area contributed by atoms with Crippen molar-refractivity contribution in [2.45, 2.75) is 32.1 Å². The van der Waals surface area contributed by atoms with Crippen molar-refractivity contribution >= 4 is 17.5 Å². The second kappa shape index (κ2) is 6.31. The van der Waals surface area contributed by atoms with Crippen molar-refractivity contribution in [3.63, 3.8) is 0 Å². The zero-order valence-electron chi connectivity index (χ0n) is 10.8. The Balaban J connectivity index is 1.81. The summed E-state index contributed by atoms with van der Waals surface area (Å²) in [5.41, 5.74) is 5.97. The standard InChI is InChI=1S/C14H19N3O2/c15-13(18)9-10-1-3-11(4-2-10)14(19)17-12-5-7-16-8-6-12/h5-8,10-11H,1-4,9H2,(H2,15,18)(H,16,17,19). The predicted molar refractivity (Wildman–Crippen MR) is 72.1 cm³/mol. The maximum absolute atomic E-state index is 12.1. The molecule has 1 aliphatic rings. The van der Waals surface area contributed by atoms with E-state index >= 15 is 0 Å². The highest BCUT2D eigenvalue weighted by molar-refractivity contribution is 5.92. The second-order valence-electron chi connectivity index (χ2n) is 5.11. The molecule has 5 nitrogen and oxygen atoms in total. The molecule has 1 fully saturated rings. The Morgan fingerprint density at radius 1 is 1.21 bits per heavy atom. The molecule has 0 unspecified atom stereocenters. The van der Waals surface area contributed by atoms with Crippen molar-refractivity contribution < 1.29 is 9.59 Å². The third kappa shape index (κ3) is 4.05. The van der Waals surface area contributed by atoms with Gasteiger partial charge in [0.05, 0.1) is 0 Å². The van der Waals surface area contributed by atoms with Gasteiger partial charge in [0.2, 0.25) is 11.8 Å². The van der Waals surface area contributed by atoms with Gasteiger partial charge >= 0.3 is 0 Å². The number of pyridine rings is 1. The predicted octanol–water partition coefficient (Wildman–Crippen LogP) is 1.70. The number of hydrogen-bond donors (Lipinski definition) is 2. The molecule has 1 aliphatic carbocycles. The lowest BCUT2D eigenvalue weighted by Crippen LogP contribution is -2.28. The monoisotopic (exact) mass is 261 g/mol. The van der Waals surface area contributed by atoms with Crippen molar-refractivity contribution in [2.75, 3.05) is 5.32 Å². The summed E-state index contributed by atoms with van der Waals surface area (Å²) in [5, 5.41) is 2.90. The molecule has 0 aliphatic heterocycles. The molecule has 2 rings (SSSR count). The highest BCUT2D eigenvalue weighted by Crippen LogP contribution is 2.31. The summed E-state index contributed by atoms with van der Waals surface area (Å²) < 4.78 is 0. The third-order valence-electron chi connectivity index (χ3n) is 3.66. The number of carbonyl (C=O) groups is 2. The second-order valence-corrected chi connectivity index (χ2v) is 5.11. The Bertz CT molecular complexity index is 439. The summed E-state index contributed by atoms with van der Waals surface area (Å²) in [5.74, 6) is 0.202. The minimum absolute atomic E-state index is 0.0392. The molecular formula is C14H19N3O2. The van der Waals surface area contributed by atoms with E-state index in [0.717, 1.165) is 31.4 Å². The molecule has 0 aromatic carbocycles. The van der Waals surface area contributed by atoms with Crippen LogP contribution in [0.4, 0.5) is 5.69 Å². The first-order valence-electron chi connectivity index (χ1n) is 6.64. The van der Waals surface area contributed by atoms with Crippen LogP contribution in [-0.2, 0) is 9.59 Å². The molecule has 1 aromatic rings. The van der Waals surface area contributed by atoms with Crippen LogP contribution in [0.5, 0.6) is 0 Å². The number of aromatic nitrogens is 1. The summed E-state index contributed by atoms with van der Waals surface area (Å²) in [6.07, 6.45) is 7.20. The van der Waals surface area contributed by atoms with Crippen molar-refractivity contribution in [1.82, 2.24) is 4.98 Å². The first-order chi connectivity index (χ1) is 9.15. The highest BCUT2D eigenvalue weighted by atomic mass is 16.2. The van der Waals surface area contributed by atoms with Crippen LogP contribution >= 0.6 is 0 Å². The number of anilines is 1. The van der Waals surface area contributed by atoms with Gasteiger partial charge in [0.15, 0.2) is 0 Å². The Kier molecular flexibility index (Phi) is 4.49. The van der Waals surface area contributed by atoms with E-state index in [9.17, 15) is 9.59 Å². The van der Waals surface area contributed by atoms with Gasteiger partial charge in [0.1, 0.15) is 0 Å². The molecule has 0 bridgehead atoms. The Hall–Kier alpha value is -1.91. The van der Waals surface area contributed by atoms with Gasteiger partial charge in [-0.15, -0.1) is 0 Å². The van der Waals surface area contributed by atoms with E-state index in [0.29, 0.717) is 12.3 Å². The zero-order valence-corrected chi connectivity index (χ0v) is 10.8. The molecule has 0 spiro atoms. The molecule has 3 N–H and O–H groups in total. The molecule has 1 saturated carbocycles. The van der Waals surface area contributed by atoms with Crippen molar-refractivity contribution in [3.8, 4) is 0 Å². The normalized spacial score (nSPS) is 22.7. The Labute approximate surface area is 112 Å². The van der Waals surface area contributed by atoms with Crippen LogP contribution in [-0.4, -0.2) is 16.8 Å². The molecule has 1 aromatic heterocycles. The zero-order chi connectivity index (χ0) is 13.7. The molecule has 5 heteroatoms. The average molecular weight is 261 g/mol. The third-order valence-corrected chi connectivity index (χ3v) is 3.66. The fourth-order valence-corrected chi connectivity index (χ4v) is 2.59. The van der Waals surface area contributed by atoms with Crippen molar-refractivity contribution in [1.29, 1.82) is 0 Å². The number of nitrogens with zero attached hydrogens (tertiary/aromatic N) is 1. The first kappa shape index (κ1) is 13.5. The molecule has 0 atom stereocenters. The number of amides is 2. The van der Waals surface area contributed by atoms with E-state index in [1.807, 2.05) is 0 Å². The van der Waals surface area contributed by atoms with Gasteiger partial charge in [-0.1, -0.05) is 0 Å². The Morgan fingerprint density at radius 3 is 2.42 bits per heavy atom. The van der Waals surface area contributed by atoms with Gasteiger partial charge in [-0.05, 0) is 43.7 Å². The quantitative estimate of drug-likeness (QED) is 0.865. The number of nitrogens with two attached hydrogens (primary N) is 1. The van der Waals surface area contributed by atoms with Gasteiger partial charge < -0.3 is 11.1 Å². The summed E-state index contributed by atoms with van der Waals surface area (Å²) in [7, 11) is 0. The Morgan fingerprint density at radius 2 is 1.84 bits per heavy atom. The van der Waals surface area contributed by atoms with E-state index in [4.69, 9.17) is 5.73 Å². The maximum Gasteiger partial charge on any atom is 0.227 e. The molecular weight excluding hydrogens is 242 g/mol. The summed E-state index contributed by atoms with van der Waals surface area (Å²) in [6.45, 7) is 0. The van der Waals surface area contributed by atoms with Crippen LogP contribution in [0, 0.1) is 11.8 Å². The van der Waals surface area contributed by atoms with Crippen LogP contribution in [0.15, 0.2) is 24.5 Å². The molecule has 19 heavy (non-hydrogen) atoms. The van der Waals surface area contributed by atoms with Crippen LogP contribution in [0.25, 0.3) is 0 Å². The molecule has 0 radical (unpaired) electrons. The maximum atomic E-state index is 12.1. The van der Waals surface area contributed by atoms with Gasteiger partial charge in [-0.2, -0.15) is 0 Å². The lowest BCUT2D eigenvalue weighted by Gasteiger charge is -2.26.